The molecule has 2 unspecified atom stereocenters. The van der Waals surface area contributed by atoms with Gasteiger partial charge in [0.1, 0.15) is 0 Å². The second-order valence-corrected chi connectivity index (χ2v) is 7.90. The number of nitrogens with one attached hydrogen (secondary N) is 1. The molecule has 0 aromatic rings. The van der Waals surface area contributed by atoms with Gasteiger partial charge >= 0.3 is 0 Å². The molecule has 1 aliphatic carbocycles. The molecule has 22 heavy (non-hydrogen) atoms. The van der Waals surface area contributed by atoms with Crippen LogP contribution in [0.15, 0.2) is 0 Å². The van der Waals surface area contributed by atoms with E-state index in [9.17, 15) is 4.79 Å². The smallest absolute Gasteiger partial charge is 0.225 e. The molecule has 1 heterocycles. The van der Waals surface area contributed by atoms with E-state index < -0.39 is 0 Å². The number of nitrogens with zero attached hydrogens (tertiary/aromatic N) is 1. The van der Waals surface area contributed by atoms with Crippen molar-refractivity contribution in [2.45, 2.75) is 78.2 Å². The molecule has 1 saturated carbocycles. The minimum atomic E-state index is 0.124. The van der Waals surface area contributed by atoms with Gasteiger partial charge in [-0.1, -0.05) is 46.5 Å². The first-order valence-electron chi connectivity index (χ1n) is 9.62. The van der Waals surface area contributed by atoms with Crippen molar-refractivity contribution < 1.29 is 4.79 Å². The molecular formula is C19H36N2O. The zero-order chi connectivity index (χ0) is 15.9. The maximum Gasteiger partial charge on any atom is 0.225 e. The van der Waals surface area contributed by atoms with Gasteiger partial charge in [0.25, 0.3) is 0 Å². The van der Waals surface area contributed by atoms with E-state index in [1.54, 1.807) is 0 Å². The summed E-state index contributed by atoms with van der Waals surface area (Å²) >= 11 is 0. The fraction of sp³-hybridized carbons (Fsp3) is 0.947. The molecule has 128 valence electrons. The fourth-order valence-corrected chi connectivity index (χ4v) is 4.24. The van der Waals surface area contributed by atoms with Gasteiger partial charge in [-0.25, -0.2) is 0 Å². The van der Waals surface area contributed by atoms with E-state index in [1.807, 2.05) is 13.8 Å². The first-order valence-corrected chi connectivity index (χ1v) is 9.62. The highest BCUT2D eigenvalue weighted by molar-refractivity contribution is 5.78. The van der Waals surface area contributed by atoms with E-state index in [-0.39, 0.29) is 5.92 Å². The van der Waals surface area contributed by atoms with Crippen LogP contribution in [-0.4, -0.2) is 36.5 Å². The zero-order valence-electron chi connectivity index (χ0n) is 14.9. The van der Waals surface area contributed by atoms with Crippen molar-refractivity contribution in [3.63, 3.8) is 0 Å². The van der Waals surface area contributed by atoms with Crippen LogP contribution < -0.4 is 5.32 Å². The Balaban J connectivity index is 1.86. The largest absolute Gasteiger partial charge is 0.341 e. The van der Waals surface area contributed by atoms with Crippen molar-refractivity contribution in [1.82, 2.24) is 10.2 Å². The zero-order valence-corrected chi connectivity index (χ0v) is 14.9. The number of rotatable bonds is 6. The van der Waals surface area contributed by atoms with Crippen LogP contribution in [0.25, 0.3) is 0 Å². The number of carbonyl (C=O) groups is 1. The number of amides is 1. The molecule has 3 nitrogen and oxygen atoms in total. The van der Waals surface area contributed by atoms with Crippen LogP contribution in [0.4, 0.5) is 0 Å². The molecule has 1 amide bonds. The van der Waals surface area contributed by atoms with Crippen molar-refractivity contribution in [2.24, 2.45) is 17.8 Å². The molecule has 0 aromatic carbocycles. The van der Waals surface area contributed by atoms with Gasteiger partial charge in [-0.2, -0.15) is 0 Å². The normalized spacial score (nSPS) is 27.4. The molecular weight excluding hydrogens is 272 g/mol. The number of hydrogen-bond donors (Lipinski definition) is 1. The third kappa shape index (κ3) is 5.26. The van der Waals surface area contributed by atoms with Crippen molar-refractivity contribution in [3.05, 3.63) is 0 Å². The third-order valence-corrected chi connectivity index (χ3v) is 5.46. The third-order valence-electron chi connectivity index (χ3n) is 5.46. The number of piperidine rings is 1. The predicted octanol–water partition coefficient (Wildman–Crippen LogP) is 3.83. The van der Waals surface area contributed by atoms with Crippen molar-refractivity contribution in [2.75, 3.05) is 19.6 Å². The van der Waals surface area contributed by atoms with E-state index in [2.05, 4.69) is 17.1 Å². The molecule has 2 aliphatic rings. The molecule has 0 bridgehead atoms. The highest BCUT2D eigenvalue weighted by Crippen LogP contribution is 2.25. The van der Waals surface area contributed by atoms with Crippen LogP contribution in [0.5, 0.6) is 0 Å². The van der Waals surface area contributed by atoms with E-state index >= 15 is 0 Å². The monoisotopic (exact) mass is 308 g/mol. The average molecular weight is 309 g/mol. The minimum absolute atomic E-state index is 0.124. The molecule has 2 fully saturated rings. The van der Waals surface area contributed by atoms with Gasteiger partial charge in [-0.05, 0) is 44.1 Å². The first kappa shape index (κ1) is 17.8. The van der Waals surface area contributed by atoms with Crippen LogP contribution in [0, 0.1) is 17.8 Å². The summed E-state index contributed by atoms with van der Waals surface area (Å²) in [5, 5.41) is 3.81. The van der Waals surface area contributed by atoms with E-state index in [4.69, 9.17) is 0 Å². The van der Waals surface area contributed by atoms with Gasteiger partial charge in [-0.3, -0.25) is 4.79 Å². The maximum absolute atomic E-state index is 12.4. The Bertz CT molecular complexity index is 336. The van der Waals surface area contributed by atoms with Crippen LogP contribution >= 0.6 is 0 Å². The lowest BCUT2D eigenvalue weighted by Crippen LogP contribution is -2.53. The Kier molecular flexibility index (Phi) is 7.20. The van der Waals surface area contributed by atoms with E-state index in [0.717, 1.165) is 25.6 Å². The summed E-state index contributed by atoms with van der Waals surface area (Å²) in [4.78, 5) is 14.5. The van der Waals surface area contributed by atoms with Crippen LogP contribution in [0.1, 0.15) is 72.1 Å². The molecule has 1 saturated heterocycles. The Hall–Kier alpha value is -0.570. The van der Waals surface area contributed by atoms with Gasteiger partial charge in [0.15, 0.2) is 0 Å². The molecule has 1 aliphatic heterocycles. The van der Waals surface area contributed by atoms with Crippen LogP contribution in [0.3, 0.4) is 0 Å². The Morgan fingerprint density at radius 1 is 1.14 bits per heavy atom. The van der Waals surface area contributed by atoms with Crippen molar-refractivity contribution in [3.8, 4) is 0 Å². The topological polar surface area (TPSA) is 32.3 Å². The summed E-state index contributed by atoms with van der Waals surface area (Å²) in [6.07, 6.45) is 10.8. The lowest BCUT2D eigenvalue weighted by atomic mass is 9.87. The quantitative estimate of drug-likeness (QED) is 0.809. The number of likely N-dealkylation sites (tertiary alicyclic amines) is 1. The SMILES string of the molecule is CCCC1CC(NCC2CCCCC2)CN(C(=O)C(C)C)C1. The highest BCUT2D eigenvalue weighted by atomic mass is 16.2. The fourth-order valence-electron chi connectivity index (χ4n) is 4.24. The summed E-state index contributed by atoms with van der Waals surface area (Å²) in [5.41, 5.74) is 0. The van der Waals surface area contributed by atoms with E-state index in [0.29, 0.717) is 17.9 Å². The molecule has 3 heteroatoms. The predicted molar refractivity (Wildman–Crippen MR) is 92.8 cm³/mol. The molecule has 2 atom stereocenters. The first-order chi connectivity index (χ1) is 10.6. The Morgan fingerprint density at radius 3 is 2.50 bits per heavy atom. The van der Waals surface area contributed by atoms with Crippen LogP contribution in [-0.2, 0) is 4.79 Å². The summed E-state index contributed by atoms with van der Waals surface area (Å²) < 4.78 is 0. The molecule has 0 spiro atoms. The summed E-state index contributed by atoms with van der Waals surface area (Å²) in [5.74, 6) is 2.02. The minimum Gasteiger partial charge on any atom is -0.341 e. The lowest BCUT2D eigenvalue weighted by Gasteiger charge is -2.39. The van der Waals surface area contributed by atoms with Crippen molar-refractivity contribution in [1.29, 1.82) is 0 Å². The van der Waals surface area contributed by atoms with Gasteiger partial charge < -0.3 is 10.2 Å². The van der Waals surface area contributed by atoms with Gasteiger partial charge in [0.05, 0.1) is 0 Å². The van der Waals surface area contributed by atoms with Gasteiger partial charge in [0, 0.05) is 25.0 Å². The molecule has 0 radical (unpaired) electrons. The van der Waals surface area contributed by atoms with Crippen LogP contribution in [0.2, 0.25) is 0 Å². The van der Waals surface area contributed by atoms with E-state index in [1.165, 1.54) is 51.4 Å². The highest BCUT2D eigenvalue weighted by Gasteiger charge is 2.30. The lowest BCUT2D eigenvalue weighted by molar-refractivity contribution is -0.137. The molecule has 2 rings (SSSR count). The number of hydrogen-bond acceptors (Lipinski definition) is 2. The molecule has 1 N–H and O–H groups in total. The number of carbonyl (C=O) groups excluding carboxylic acids is 1. The summed E-state index contributed by atoms with van der Waals surface area (Å²) in [7, 11) is 0. The summed E-state index contributed by atoms with van der Waals surface area (Å²) in [6.45, 7) is 9.36. The summed E-state index contributed by atoms with van der Waals surface area (Å²) in [6, 6.07) is 0.509. The Morgan fingerprint density at radius 2 is 1.86 bits per heavy atom. The molecule has 0 aromatic heterocycles. The second kappa shape index (κ2) is 8.90. The second-order valence-electron chi connectivity index (χ2n) is 7.90. The maximum atomic E-state index is 12.4. The van der Waals surface area contributed by atoms with Crippen molar-refractivity contribution >= 4 is 5.91 Å². The Labute approximate surface area is 137 Å². The van der Waals surface area contributed by atoms with Gasteiger partial charge in [-0.15, -0.1) is 0 Å². The standard InChI is InChI=1S/C19H36N2O/c1-4-8-17-11-18(14-21(13-17)19(22)15(2)3)20-12-16-9-6-5-7-10-16/h15-18,20H,4-14H2,1-3H3. The average Bonchev–Trinajstić information content (AvgIpc) is 2.53. The van der Waals surface area contributed by atoms with Gasteiger partial charge in [0.2, 0.25) is 5.91 Å².